The Hall–Kier alpha value is -2.40. The van der Waals surface area contributed by atoms with Crippen LogP contribution in [-0.4, -0.2) is 22.8 Å². The number of carbonyl (C=O) groups is 1. The SMILES string of the molecule is CCc1cc(C(=O)N(C)Cc2ccccc2)cc(NN)n1. The van der Waals surface area contributed by atoms with Crippen LogP contribution in [-0.2, 0) is 13.0 Å². The van der Waals surface area contributed by atoms with E-state index in [4.69, 9.17) is 5.84 Å². The predicted molar refractivity (Wildman–Crippen MR) is 83.7 cm³/mol. The number of nitrogens with one attached hydrogen (secondary N) is 1. The zero-order valence-corrected chi connectivity index (χ0v) is 12.3. The van der Waals surface area contributed by atoms with Crippen molar-refractivity contribution in [2.75, 3.05) is 12.5 Å². The molecule has 0 saturated carbocycles. The van der Waals surface area contributed by atoms with Gasteiger partial charge >= 0.3 is 0 Å². The summed E-state index contributed by atoms with van der Waals surface area (Å²) in [6.45, 7) is 2.55. The van der Waals surface area contributed by atoms with Crippen molar-refractivity contribution in [1.82, 2.24) is 9.88 Å². The van der Waals surface area contributed by atoms with Gasteiger partial charge in [0.15, 0.2) is 0 Å². The first-order valence-electron chi connectivity index (χ1n) is 6.91. The predicted octanol–water partition coefficient (Wildman–Crippen LogP) is 2.20. The molecule has 21 heavy (non-hydrogen) atoms. The molecule has 0 fully saturated rings. The van der Waals surface area contributed by atoms with E-state index in [0.717, 1.165) is 17.7 Å². The lowest BCUT2D eigenvalue weighted by atomic mass is 10.1. The Bertz CT molecular complexity index is 591. The molecule has 2 rings (SSSR count). The smallest absolute Gasteiger partial charge is 0.254 e. The lowest BCUT2D eigenvalue weighted by Gasteiger charge is -2.18. The molecule has 0 unspecified atom stereocenters. The van der Waals surface area contributed by atoms with Crippen molar-refractivity contribution in [2.24, 2.45) is 5.84 Å². The first-order valence-corrected chi connectivity index (χ1v) is 6.91. The zero-order chi connectivity index (χ0) is 15.2. The van der Waals surface area contributed by atoms with Crippen LogP contribution in [0.2, 0.25) is 0 Å². The number of nitrogen functional groups attached to an aromatic ring is 1. The highest BCUT2D eigenvalue weighted by Crippen LogP contribution is 2.14. The van der Waals surface area contributed by atoms with Crippen LogP contribution in [0.4, 0.5) is 5.82 Å². The second-order valence-electron chi connectivity index (χ2n) is 4.88. The van der Waals surface area contributed by atoms with Gasteiger partial charge in [-0.25, -0.2) is 10.8 Å². The standard InChI is InChI=1S/C16H20N4O/c1-3-14-9-13(10-15(18-14)19-17)16(21)20(2)11-12-7-5-4-6-8-12/h4-10H,3,11,17H2,1-2H3,(H,18,19). The first-order chi connectivity index (χ1) is 10.1. The number of hydrazine groups is 1. The highest BCUT2D eigenvalue weighted by molar-refractivity contribution is 5.94. The molecule has 3 N–H and O–H groups in total. The minimum Gasteiger partial charge on any atom is -0.337 e. The summed E-state index contributed by atoms with van der Waals surface area (Å²) in [5.74, 6) is 5.86. The maximum atomic E-state index is 12.5. The maximum absolute atomic E-state index is 12.5. The fraction of sp³-hybridized carbons (Fsp3) is 0.250. The van der Waals surface area contributed by atoms with Crippen molar-refractivity contribution >= 4 is 11.7 Å². The van der Waals surface area contributed by atoms with Gasteiger partial charge in [-0.05, 0) is 24.1 Å². The van der Waals surface area contributed by atoms with Gasteiger partial charge in [-0.2, -0.15) is 0 Å². The Morgan fingerprint density at radius 3 is 2.62 bits per heavy atom. The van der Waals surface area contributed by atoms with Crippen LogP contribution in [0, 0.1) is 0 Å². The molecule has 5 nitrogen and oxygen atoms in total. The lowest BCUT2D eigenvalue weighted by molar-refractivity contribution is 0.0785. The maximum Gasteiger partial charge on any atom is 0.254 e. The highest BCUT2D eigenvalue weighted by atomic mass is 16.2. The molecule has 1 heterocycles. The summed E-state index contributed by atoms with van der Waals surface area (Å²) >= 11 is 0. The van der Waals surface area contributed by atoms with E-state index in [1.807, 2.05) is 43.3 Å². The number of benzene rings is 1. The summed E-state index contributed by atoms with van der Waals surface area (Å²) in [7, 11) is 1.79. The van der Waals surface area contributed by atoms with Crippen molar-refractivity contribution in [2.45, 2.75) is 19.9 Å². The molecule has 0 bridgehead atoms. The zero-order valence-electron chi connectivity index (χ0n) is 12.3. The van der Waals surface area contributed by atoms with E-state index in [1.54, 1.807) is 18.0 Å². The molecule has 5 heteroatoms. The second-order valence-corrected chi connectivity index (χ2v) is 4.88. The summed E-state index contributed by atoms with van der Waals surface area (Å²) in [4.78, 5) is 18.5. The fourth-order valence-electron chi connectivity index (χ4n) is 2.12. The highest BCUT2D eigenvalue weighted by Gasteiger charge is 2.14. The summed E-state index contributed by atoms with van der Waals surface area (Å²) in [5.41, 5.74) is 5.02. The Kier molecular flexibility index (Phi) is 4.90. The Labute approximate surface area is 124 Å². The second kappa shape index (κ2) is 6.85. The molecule has 0 atom stereocenters. The lowest BCUT2D eigenvalue weighted by Crippen LogP contribution is -2.26. The van der Waals surface area contributed by atoms with E-state index in [2.05, 4.69) is 10.4 Å². The van der Waals surface area contributed by atoms with Gasteiger partial charge in [0.1, 0.15) is 5.82 Å². The number of hydrogen-bond donors (Lipinski definition) is 2. The number of pyridine rings is 1. The molecule has 0 spiro atoms. The Balaban J connectivity index is 2.19. The topological polar surface area (TPSA) is 71.2 Å². The third kappa shape index (κ3) is 3.79. The molecule has 0 aliphatic rings. The van der Waals surface area contributed by atoms with Crippen molar-refractivity contribution in [3.8, 4) is 0 Å². The minimum atomic E-state index is -0.0487. The van der Waals surface area contributed by atoms with Crippen LogP contribution < -0.4 is 11.3 Å². The van der Waals surface area contributed by atoms with Gasteiger partial charge in [-0.1, -0.05) is 37.3 Å². The van der Waals surface area contributed by atoms with Crippen LogP contribution in [0.25, 0.3) is 0 Å². The number of nitrogens with two attached hydrogens (primary N) is 1. The van der Waals surface area contributed by atoms with Crippen LogP contribution in [0.1, 0.15) is 28.5 Å². The van der Waals surface area contributed by atoms with Gasteiger partial charge in [0.05, 0.1) is 0 Å². The third-order valence-corrected chi connectivity index (χ3v) is 3.24. The molecule has 1 aromatic carbocycles. The molecular formula is C16H20N4O. The fourth-order valence-corrected chi connectivity index (χ4v) is 2.12. The van der Waals surface area contributed by atoms with E-state index in [1.165, 1.54) is 0 Å². The summed E-state index contributed by atoms with van der Waals surface area (Å²) in [6.07, 6.45) is 0.748. The van der Waals surface area contributed by atoms with Gasteiger partial charge in [0.2, 0.25) is 0 Å². The Morgan fingerprint density at radius 2 is 2.00 bits per heavy atom. The number of aromatic nitrogens is 1. The third-order valence-electron chi connectivity index (χ3n) is 3.24. The summed E-state index contributed by atoms with van der Waals surface area (Å²) in [6, 6.07) is 13.4. The largest absolute Gasteiger partial charge is 0.337 e. The number of rotatable bonds is 5. The number of carbonyl (C=O) groups excluding carboxylic acids is 1. The molecule has 0 saturated heterocycles. The number of aryl methyl sites for hydroxylation is 1. The molecule has 0 radical (unpaired) electrons. The normalized spacial score (nSPS) is 10.2. The van der Waals surface area contributed by atoms with Crippen LogP contribution in [0.5, 0.6) is 0 Å². The van der Waals surface area contributed by atoms with E-state index in [9.17, 15) is 4.79 Å². The average Bonchev–Trinajstić information content (AvgIpc) is 2.54. The van der Waals surface area contributed by atoms with E-state index < -0.39 is 0 Å². The van der Waals surface area contributed by atoms with Gasteiger partial charge in [-0.3, -0.25) is 4.79 Å². The van der Waals surface area contributed by atoms with Crippen molar-refractivity contribution in [3.05, 3.63) is 59.3 Å². The van der Waals surface area contributed by atoms with Crippen molar-refractivity contribution in [3.63, 3.8) is 0 Å². The van der Waals surface area contributed by atoms with Gasteiger partial charge in [0.25, 0.3) is 5.91 Å². The first kappa shape index (κ1) is 15.0. The Morgan fingerprint density at radius 1 is 1.29 bits per heavy atom. The monoisotopic (exact) mass is 284 g/mol. The van der Waals surface area contributed by atoms with Crippen LogP contribution in [0.3, 0.4) is 0 Å². The molecule has 110 valence electrons. The summed E-state index contributed by atoms with van der Waals surface area (Å²) in [5, 5.41) is 0. The van der Waals surface area contributed by atoms with Crippen molar-refractivity contribution in [1.29, 1.82) is 0 Å². The van der Waals surface area contributed by atoms with E-state index in [-0.39, 0.29) is 5.91 Å². The molecule has 0 aliphatic carbocycles. The number of anilines is 1. The number of hydrogen-bond acceptors (Lipinski definition) is 4. The van der Waals surface area contributed by atoms with E-state index in [0.29, 0.717) is 17.9 Å². The van der Waals surface area contributed by atoms with Gasteiger partial charge in [0, 0.05) is 24.8 Å². The average molecular weight is 284 g/mol. The molecule has 0 aliphatic heterocycles. The van der Waals surface area contributed by atoms with Gasteiger partial charge < -0.3 is 10.3 Å². The van der Waals surface area contributed by atoms with E-state index >= 15 is 0 Å². The quantitative estimate of drug-likeness (QED) is 0.652. The number of nitrogens with zero attached hydrogens (tertiary/aromatic N) is 2. The van der Waals surface area contributed by atoms with Gasteiger partial charge in [-0.15, -0.1) is 0 Å². The molecular weight excluding hydrogens is 264 g/mol. The molecule has 1 amide bonds. The van der Waals surface area contributed by atoms with Crippen LogP contribution >= 0.6 is 0 Å². The number of amides is 1. The van der Waals surface area contributed by atoms with Crippen LogP contribution in [0.15, 0.2) is 42.5 Å². The minimum absolute atomic E-state index is 0.0487. The van der Waals surface area contributed by atoms with Crippen molar-refractivity contribution < 1.29 is 4.79 Å². The summed E-state index contributed by atoms with van der Waals surface area (Å²) < 4.78 is 0. The molecule has 1 aromatic heterocycles. The molecule has 2 aromatic rings.